The summed E-state index contributed by atoms with van der Waals surface area (Å²) < 4.78 is 0. The molecule has 66 valence electrons. The topological polar surface area (TPSA) is 81.7 Å². The zero-order chi connectivity index (χ0) is 9.07. The number of aliphatic hydroxyl groups excluding tert-OH is 1. The van der Waals surface area contributed by atoms with E-state index in [2.05, 4.69) is 5.28 Å². The smallest absolute Gasteiger partial charge is 0.739 e. The number of aliphatic hydroxyl groups is 1. The fourth-order valence-corrected chi connectivity index (χ4v) is 0.455. The van der Waals surface area contributed by atoms with Crippen LogP contribution < -0.4 is 51.4 Å². The van der Waals surface area contributed by atoms with Gasteiger partial charge in [0.1, 0.15) is 6.10 Å². The van der Waals surface area contributed by atoms with E-state index in [4.69, 9.17) is 0 Å². The molecule has 5 nitrogen and oxygen atoms in total. The van der Waals surface area contributed by atoms with Crippen molar-refractivity contribution in [3.8, 4) is 0 Å². The Bertz CT molecular complexity index is 155. The van der Waals surface area contributed by atoms with Crippen molar-refractivity contribution in [3.05, 3.63) is 10.4 Å². The minimum Gasteiger partial charge on any atom is -0.739 e. The van der Waals surface area contributed by atoms with E-state index in [-0.39, 0.29) is 62.8 Å². The van der Waals surface area contributed by atoms with Crippen LogP contribution in [-0.4, -0.2) is 22.6 Å². The summed E-state index contributed by atoms with van der Waals surface area (Å²) in [5.74, 6) is 0. The maximum atomic E-state index is 10.3. The SMILES string of the molecule is CC(C)(C)C(O)C/[N+]([O-])=N/[O-].[K+]. The van der Waals surface area contributed by atoms with Crippen LogP contribution in [0.1, 0.15) is 20.8 Å². The van der Waals surface area contributed by atoms with Gasteiger partial charge in [0.25, 0.3) is 0 Å². The Hall–Kier alpha value is 0.796. The Morgan fingerprint density at radius 1 is 1.50 bits per heavy atom. The Morgan fingerprint density at radius 3 is 2.17 bits per heavy atom. The molecule has 1 unspecified atom stereocenters. The van der Waals surface area contributed by atoms with Gasteiger partial charge in [-0.15, -0.1) is 0 Å². The zero-order valence-corrected chi connectivity index (χ0v) is 11.1. The zero-order valence-electron chi connectivity index (χ0n) is 7.94. The van der Waals surface area contributed by atoms with Crippen molar-refractivity contribution in [3.63, 3.8) is 0 Å². The Kier molecular flexibility index (Phi) is 8.00. The van der Waals surface area contributed by atoms with E-state index in [1.54, 1.807) is 20.8 Å². The van der Waals surface area contributed by atoms with E-state index >= 15 is 0 Å². The second-order valence-electron chi connectivity index (χ2n) is 3.50. The first-order valence-corrected chi connectivity index (χ1v) is 3.34. The van der Waals surface area contributed by atoms with Gasteiger partial charge in [0.05, 0.1) is 0 Å². The molecule has 0 spiro atoms. The maximum Gasteiger partial charge on any atom is 1.00 e. The molecule has 1 atom stereocenters. The van der Waals surface area contributed by atoms with Crippen LogP contribution in [-0.2, 0) is 0 Å². The van der Waals surface area contributed by atoms with Crippen LogP contribution in [0.3, 0.4) is 0 Å². The molecule has 0 heterocycles. The van der Waals surface area contributed by atoms with Crippen molar-refractivity contribution < 1.29 is 61.4 Å². The van der Waals surface area contributed by atoms with Gasteiger partial charge in [-0.2, -0.15) is 0 Å². The van der Waals surface area contributed by atoms with Crippen LogP contribution in [0.15, 0.2) is 5.28 Å². The third kappa shape index (κ3) is 6.33. The first-order chi connectivity index (χ1) is 4.88. The number of hydrogen-bond donors (Lipinski definition) is 1. The van der Waals surface area contributed by atoms with Gasteiger partial charge in [-0.3, -0.25) is 0 Å². The van der Waals surface area contributed by atoms with Crippen molar-refractivity contribution in [2.45, 2.75) is 26.9 Å². The normalized spacial score (nSPS) is 15.2. The summed E-state index contributed by atoms with van der Waals surface area (Å²) in [5.41, 5.74) is -0.395. The summed E-state index contributed by atoms with van der Waals surface area (Å²) in [6.45, 7) is 5.05. The van der Waals surface area contributed by atoms with Crippen LogP contribution in [0.4, 0.5) is 0 Å². The molecule has 1 N–H and O–H groups in total. The number of hydrogen-bond acceptors (Lipinski definition) is 4. The number of rotatable bonds is 2. The van der Waals surface area contributed by atoms with Gasteiger partial charge >= 0.3 is 51.4 Å². The standard InChI is InChI=1S/C6H14N2O3.K/c1-6(2,3)5(9)4-8(11)7-10;/h5,9-10H,4H2,1-3H3;/q;+1/p-1/b8-7-;. The summed E-state index contributed by atoms with van der Waals surface area (Å²) in [6.07, 6.45) is -0.835. The Labute approximate surface area is 114 Å². The van der Waals surface area contributed by atoms with Crippen LogP contribution >= 0.6 is 0 Å². The van der Waals surface area contributed by atoms with Crippen LogP contribution in [0, 0.1) is 15.8 Å². The summed E-state index contributed by atoms with van der Waals surface area (Å²) in [4.78, 5) is -0.0596. The molecule has 12 heavy (non-hydrogen) atoms. The van der Waals surface area contributed by atoms with Gasteiger partial charge in [0, 0.05) is 0 Å². The minimum absolute atomic E-state index is 0. The molecule has 0 bridgehead atoms. The molecule has 0 amide bonds. The van der Waals surface area contributed by atoms with Crippen molar-refractivity contribution in [1.82, 2.24) is 0 Å². The van der Waals surface area contributed by atoms with Crippen molar-refractivity contribution in [1.29, 1.82) is 0 Å². The monoisotopic (exact) mass is 200 g/mol. The van der Waals surface area contributed by atoms with Crippen LogP contribution in [0.2, 0.25) is 0 Å². The Morgan fingerprint density at radius 2 is 1.92 bits per heavy atom. The molecule has 6 heteroatoms. The van der Waals surface area contributed by atoms with Crippen molar-refractivity contribution in [2.75, 3.05) is 6.54 Å². The molecule has 0 aliphatic rings. The summed E-state index contributed by atoms with van der Waals surface area (Å²) in [6, 6.07) is 0. The first-order valence-electron chi connectivity index (χ1n) is 3.34. The number of hydroxylamine groups is 1. The summed E-state index contributed by atoms with van der Waals surface area (Å²) in [5, 5.41) is 31.3. The van der Waals surface area contributed by atoms with E-state index < -0.39 is 11.5 Å². The largest absolute Gasteiger partial charge is 1.00 e. The van der Waals surface area contributed by atoms with Crippen LogP contribution in [0.5, 0.6) is 0 Å². The van der Waals surface area contributed by atoms with Crippen molar-refractivity contribution >= 4 is 0 Å². The third-order valence-electron chi connectivity index (χ3n) is 1.42. The second kappa shape index (κ2) is 6.28. The van der Waals surface area contributed by atoms with Gasteiger partial charge in [-0.1, -0.05) is 25.6 Å². The van der Waals surface area contributed by atoms with E-state index in [0.29, 0.717) is 0 Å². The molecule has 0 saturated carbocycles. The third-order valence-corrected chi connectivity index (χ3v) is 1.42. The van der Waals surface area contributed by atoms with E-state index in [1.165, 1.54) is 0 Å². The summed E-state index contributed by atoms with van der Waals surface area (Å²) >= 11 is 0. The predicted octanol–water partition coefficient (Wildman–Crippen LogP) is -2.14. The molecule has 0 aliphatic heterocycles. The predicted molar refractivity (Wildman–Crippen MR) is 39.8 cm³/mol. The molecule has 0 rings (SSSR count). The van der Waals surface area contributed by atoms with Crippen LogP contribution in [0.25, 0.3) is 0 Å². The fourth-order valence-electron chi connectivity index (χ4n) is 0.455. The van der Waals surface area contributed by atoms with Crippen molar-refractivity contribution in [2.24, 2.45) is 10.7 Å². The van der Waals surface area contributed by atoms with Gasteiger partial charge < -0.3 is 15.5 Å². The first kappa shape index (κ1) is 15.3. The van der Waals surface area contributed by atoms with Gasteiger partial charge in [0.2, 0.25) is 6.54 Å². The second-order valence-corrected chi connectivity index (χ2v) is 3.50. The molecule has 0 aliphatic carbocycles. The molecular weight excluding hydrogens is 187 g/mol. The Balaban J connectivity index is 0. The molecule has 0 radical (unpaired) electrons. The van der Waals surface area contributed by atoms with E-state index in [9.17, 15) is 15.5 Å². The fraction of sp³-hybridized carbons (Fsp3) is 1.00. The molecule has 0 saturated heterocycles. The van der Waals surface area contributed by atoms with E-state index in [1.807, 2.05) is 0 Å². The summed E-state index contributed by atoms with van der Waals surface area (Å²) in [7, 11) is 0. The molecule has 0 aromatic carbocycles. The molecule has 0 aromatic heterocycles. The average molecular weight is 200 g/mol. The van der Waals surface area contributed by atoms with Gasteiger partial charge in [-0.25, -0.2) is 0 Å². The molecule has 0 aromatic rings. The average Bonchev–Trinajstić information content (AvgIpc) is 1.85. The quantitative estimate of drug-likeness (QED) is 0.239. The number of nitrogens with zero attached hydrogens (tertiary/aromatic N) is 2. The van der Waals surface area contributed by atoms with Gasteiger partial charge in [0.15, 0.2) is 0 Å². The van der Waals surface area contributed by atoms with Gasteiger partial charge in [-0.05, 0) is 10.7 Å². The minimum atomic E-state index is -0.835. The van der Waals surface area contributed by atoms with E-state index in [0.717, 1.165) is 0 Å². The maximum absolute atomic E-state index is 10.3. The molecular formula is C6H13KN2O3. The molecule has 0 fully saturated rings.